The van der Waals surface area contributed by atoms with Gasteiger partial charge in [-0.1, -0.05) is 146 Å². The lowest BCUT2D eigenvalue weighted by Crippen LogP contribution is -2.32. The van der Waals surface area contributed by atoms with E-state index < -0.39 is 12.0 Å². The van der Waals surface area contributed by atoms with E-state index in [-0.39, 0.29) is 11.8 Å². The molecular weight excluding hydrogens is 635 g/mol. The Labute approximate surface area is 310 Å². The largest absolute Gasteiger partial charge is 0.480 e. The number of nitrogens with two attached hydrogens (primary N) is 1. The third-order valence-corrected chi connectivity index (χ3v) is 9.96. The van der Waals surface area contributed by atoms with Crippen molar-refractivity contribution in [2.75, 3.05) is 13.1 Å². The van der Waals surface area contributed by atoms with Crippen LogP contribution in [0.2, 0.25) is 0 Å². The second kappa shape index (κ2) is 28.4. The van der Waals surface area contributed by atoms with Gasteiger partial charge in [0, 0.05) is 25.9 Å². The molecular formula is C44H71N3O4. The molecule has 1 atom stereocenters. The van der Waals surface area contributed by atoms with Crippen LogP contribution in [0.1, 0.15) is 165 Å². The summed E-state index contributed by atoms with van der Waals surface area (Å²) in [6, 6.07) is 13.8. The number of carboxylic acids is 1. The predicted molar refractivity (Wildman–Crippen MR) is 213 cm³/mol. The number of carbonyl (C=O) groups excluding carboxylic acids is 2. The molecule has 5 N–H and O–H groups in total. The smallest absolute Gasteiger partial charge is 0.320 e. The van der Waals surface area contributed by atoms with Crippen LogP contribution in [0.3, 0.4) is 0 Å². The molecule has 0 aromatic heterocycles. The van der Waals surface area contributed by atoms with Gasteiger partial charge < -0.3 is 21.5 Å². The third-order valence-electron chi connectivity index (χ3n) is 9.96. The summed E-state index contributed by atoms with van der Waals surface area (Å²) in [7, 11) is 0. The Kier molecular flexibility index (Phi) is 24.5. The van der Waals surface area contributed by atoms with Gasteiger partial charge in [-0.25, -0.2) is 0 Å². The van der Waals surface area contributed by atoms with Crippen LogP contribution >= 0.6 is 0 Å². The molecule has 2 aromatic carbocycles. The monoisotopic (exact) mass is 706 g/mol. The van der Waals surface area contributed by atoms with E-state index in [0.29, 0.717) is 25.8 Å². The first-order chi connectivity index (χ1) is 24.8. The molecule has 2 amide bonds. The minimum absolute atomic E-state index is 0.127. The van der Waals surface area contributed by atoms with E-state index in [4.69, 9.17) is 10.8 Å². The zero-order valence-electron chi connectivity index (χ0n) is 32.3. The number of carbonyl (C=O) groups is 3. The predicted octanol–water partition coefficient (Wildman–Crippen LogP) is 9.86. The molecule has 0 saturated heterocycles. The van der Waals surface area contributed by atoms with Crippen LogP contribution in [0.4, 0.5) is 0 Å². The lowest BCUT2D eigenvalue weighted by atomic mass is 9.93. The van der Waals surface area contributed by atoms with Gasteiger partial charge >= 0.3 is 5.97 Å². The van der Waals surface area contributed by atoms with Gasteiger partial charge in [-0.15, -0.1) is 0 Å². The molecule has 0 heterocycles. The van der Waals surface area contributed by atoms with E-state index in [2.05, 4.69) is 42.7 Å². The summed E-state index contributed by atoms with van der Waals surface area (Å²) in [6.07, 6.45) is 26.5. The molecule has 0 radical (unpaired) electrons. The van der Waals surface area contributed by atoms with E-state index in [9.17, 15) is 14.4 Å². The summed E-state index contributed by atoms with van der Waals surface area (Å²) < 4.78 is 0. The average molecular weight is 706 g/mol. The van der Waals surface area contributed by atoms with Crippen LogP contribution in [0.15, 0.2) is 42.5 Å². The number of hydrogen-bond acceptors (Lipinski definition) is 4. The molecule has 0 unspecified atom stereocenters. The summed E-state index contributed by atoms with van der Waals surface area (Å²) in [5.41, 5.74) is 11.6. The molecule has 0 aliphatic carbocycles. The van der Waals surface area contributed by atoms with Crippen LogP contribution in [-0.4, -0.2) is 42.0 Å². The van der Waals surface area contributed by atoms with Crippen molar-refractivity contribution in [2.24, 2.45) is 5.73 Å². The maximum absolute atomic E-state index is 12.2. The fourth-order valence-electron chi connectivity index (χ4n) is 6.69. The van der Waals surface area contributed by atoms with Crippen LogP contribution < -0.4 is 16.4 Å². The number of aliphatic carboxylic acids is 1. The SMILES string of the molecule is CCCCCCCCCCCCCCCC(=O)NCCCCCC(=O)NCCCCCc1ccc(-c2ccc(C[C@H](N)C(=O)O)cc2)c(CC)c1. The van der Waals surface area contributed by atoms with Gasteiger partial charge in [0.15, 0.2) is 0 Å². The Bertz CT molecular complexity index is 1230. The molecule has 2 rings (SSSR count). The number of hydrogen-bond donors (Lipinski definition) is 4. The zero-order chi connectivity index (χ0) is 36.9. The molecule has 0 fully saturated rings. The molecule has 0 bridgehead atoms. The van der Waals surface area contributed by atoms with Crippen molar-refractivity contribution in [3.8, 4) is 11.1 Å². The van der Waals surface area contributed by atoms with Crippen LogP contribution in [-0.2, 0) is 33.6 Å². The molecule has 0 spiro atoms. The molecule has 2 aromatic rings. The van der Waals surface area contributed by atoms with Gasteiger partial charge in [0.1, 0.15) is 6.04 Å². The standard InChI is InChI=1S/C44H71N3O4/c1-3-5-6-7-8-9-10-11-12-13-14-15-19-24-42(48)47-33-22-17-20-25-43(49)46-32-21-16-18-23-36-28-31-40(38(4-2)34-36)39-29-26-37(27-30-39)35-41(45)44(50)51/h26-31,34,41H,3-25,32-33,35,45H2,1-2H3,(H,46,49)(H,47,48)(H,50,51)/t41-/m0/s1. The van der Waals surface area contributed by atoms with Crippen molar-refractivity contribution in [3.05, 3.63) is 59.2 Å². The highest BCUT2D eigenvalue weighted by Crippen LogP contribution is 2.27. The number of aryl methyl sites for hydroxylation is 2. The number of benzene rings is 2. The second-order valence-electron chi connectivity index (χ2n) is 14.5. The highest BCUT2D eigenvalue weighted by atomic mass is 16.4. The van der Waals surface area contributed by atoms with E-state index in [1.54, 1.807) is 0 Å². The zero-order valence-corrected chi connectivity index (χ0v) is 32.3. The number of nitrogens with one attached hydrogen (secondary N) is 2. The number of unbranched alkanes of at least 4 members (excludes halogenated alkanes) is 16. The highest BCUT2D eigenvalue weighted by Gasteiger charge is 2.13. The van der Waals surface area contributed by atoms with Gasteiger partial charge in [-0.2, -0.15) is 0 Å². The van der Waals surface area contributed by atoms with Crippen molar-refractivity contribution < 1.29 is 19.5 Å². The summed E-state index contributed by atoms with van der Waals surface area (Å²) in [5.74, 6) is -0.686. The minimum Gasteiger partial charge on any atom is -0.480 e. The first-order valence-electron chi connectivity index (χ1n) is 20.6. The highest BCUT2D eigenvalue weighted by molar-refractivity contribution is 5.76. The van der Waals surface area contributed by atoms with Gasteiger partial charge in [0.25, 0.3) is 0 Å². The maximum atomic E-state index is 12.2. The lowest BCUT2D eigenvalue weighted by molar-refractivity contribution is -0.138. The van der Waals surface area contributed by atoms with Crippen molar-refractivity contribution in [1.82, 2.24) is 10.6 Å². The fraction of sp³-hybridized carbons (Fsp3) is 0.659. The number of rotatable bonds is 31. The summed E-state index contributed by atoms with van der Waals surface area (Å²) in [6.45, 7) is 5.87. The molecule has 7 heteroatoms. The summed E-state index contributed by atoms with van der Waals surface area (Å²) >= 11 is 0. The van der Waals surface area contributed by atoms with Crippen molar-refractivity contribution in [3.63, 3.8) is 0 Å². The van der Waals surface area contributed by atoms with Gasteiger partial charge in [0.05, 0.1) is 0 Å². The van der Waals surface area contributed by atoms with Crippen LogP contribution in [0, 0.1) is 0 Å². The van der Waals surface area contributed by atoms with Gasteiger partial charge in [-0.3, -0.25) is 14.4 Å². The molecule has 51 heavy (non-hydrogen) atoms. The quantitative estimate of drug-likeness (QED) is 0.0582. The molecule has 0 aliphatic heterocycles. The molecule has 7 nitrogen and oxygen atoms in total. The Morgan fingerprint density at radius 2 is 1.08 bits per heavy atom. The van der Waals surface area contributed by atoms with Crippen molar-refractivity contribution >= 4 is 17.8 Å². The first-order valence-corrected chi connectivity index (χ1v) is 20.6. The van der Waals surface area contributed by atoms with Gasteiger partial charge in [0.2, 0.25) is 11.8 Å². The Morgan fingerprint density at radius 1 is 0.608 bits per heavy atom. The Hall–Kier alpha value is -3.19. The maximum Gasteiger partial charge on any atom is 0.320 e. The summed E-state index contributed by atoms with van der Waals surface area (Å²) in [4.78, 5) is 35.4. The number of amides is 2. The Morgan fingerprint density at radius 3 is 1.59 bits per heavy atom. The average Bonchev–Trinajstić information content (AvgIpc) is 3.13. The van der Waals surface area contributed by atoms with Crippen molar-refractivity contribution in [2.45, 2.75) is 174 Å². The van der Waals surface area contributed by atoms with E-state index in [0.717, 1.165) is 81.9 Å². The van der Waals surface area contributed by atoms with E-state index in [1.165, 1.54) is 87.3 Å². The normalized spacial score (nSPS) is 11.7. The third kappa shape index (κ3) is 21.1. The minimum atomic E-state index is -0.983. The number of carboxylic acid groups (broad SMARTS) is 1. The topological polar surface area (TPSA) is 122 Å². The van der Waals surface area contributed by atoms with E-state index >= 15 is 0 Å². The molecule has 0 saturated carbocycles. The molecule has 286 valence electrons. The second-order valence-corrected chi connectivity index (χ2v) is 14.5. The fourth-order valence-corrected chi connectivity index (χ4v) is 6.69. The summed E-state index contributed by atoms with van der Waals surface area (Å²) in [5, 5.41) is 15.2. The van der Waals surface area contributed by atoms with Crippen LogP contribution in [0.5, 0.6) is 0 Å². The van der Waals surface area contributed by atoms with Crippen LogP contribution in [0.25, 0.3) is 11.1 Å². The lowest BCUT2D eigenvalue weighted by Gasteiger charge is -2.12. The first kappa shape index (κ1) is 44.0. The Balaban J connectivity index is 1.43. The molecule has 0 aliphatic rings. The van der Waals surface area contributed by atoms with Crippen molar-refractivity contribution in [1.29, 1.82) is 0 Å². The van der Waals surface area contributed by atoms with Gasteiger partial charge in [-0.05, 0) is 79.2 Å². The van der Waals surface area contributed by atoms with E-state index in [1.807, 2.05) is 24.3 Å².